The first-order valence-corrected chi connectivity index (χ1v) is 9.95. The van der Waals surface area contributed by atoms with E-state index in [1.807, 2.05) is 24.3 Å². The van der Waals surface area contributed by atoms with Crippen LogP contribution in [0.3, 0.4) is 0 Å². The van der Waals surface area contributed by atoms with Crippen molar-refractivity contribution in [3.8, 4) is 0 Å². The molecule has 3 aromatic rings. The van der Waals surface area contributed by atoms with Gasteiger partial charge in [-0.25, -0.2) is 9.78 Å². The molecule has 0 aliphatic carbocycles. The number of aryl methyl sites for hydroxylation is 2. The van der Waals surface area contributed by atoms with Crippen LogP contribution in [0.15, 0.2) is 29.1 Å². The van der Waals surface area contributed by atoms with E-state index < -0.39 is 18.5 Å². The molecule has 152 valence electrons. The highest BCUT2D eigenvalue weighted by Gasteiger charge is 2.21. The van der Waals surface area contributed by atoms with Gasteiger partial charge in [-0.2, -0.15) is 0 Å². The molecule has 7 nitrogen and oxygen atoms in total. The Labute approximate surface area is 172 Å². The van der Waals surface area contributed by atoms with Crippen LogP contribution in [0.5, 0.6) is 0 Å². The second-order valence-corrected chi connectivity index (χ2v) is 8.84. The Morgan fingerprint density at radius 1 is 1.17 bits per heavy atom. The fraction of sp³-hybridized carbons (Fsp3) is 0.333. The first-order chi connectivity index (χ1) is 13.6. The smallest absolute Gasteiger partial charge is 0.349 e. The summed E-state index contributed by atoms with van der Waals surface area (Å²) >= 11 is 1.08. The van der Waals surface area contributed by atoms with Crippen molar-refractivity contribution in [2.45, 2.75) is 40.0 Å². The molecule has 2 aromatic heterocycles. The maximum Gasteiger partial charge on any atom is 0.349 e. The molecule has 0 aliphatic heterocycles. The Bertz CT molecular complexity index is 1140. The van der Waals surface area contributed by atoms with E-state index in [2.05, 4.69) is 36.1 Å². The number of nitrogens with zero attached hydrogens (tertiary/aromatic N) is 1. The molecule has 0 bridgehead atoms. The molecule has 0 spiro atoms. The molecule has 2 N–H and O–H groups in total. The van der Waals surface area contributed by atoms with Gasteiger partial charge in [0.25, 0.3) is 11.5 Å². The van der Waals surface area contributed by atoms with Gasteiger partial charge in [-0.05, 0) is 42.5 Å². The zero-order valence-corrected chi connectivity index (χ0v) is 17.8. The average Bonchev–Trinajstić information content (AvgIpc) is 2.96. The van der Waals surface area contributed by atoms with Gasteiger partial charge < -0.3 is 15.0 Å². The number of aromatic nitrogens is 2. The Kier molecular flexibility index (Phi) is 5.57. The quantitative estimate of drug-likeness (QED) is 0.635. The standard InChI is InChI=1S/C21H23N3O4S/c1-11-16-18(26)22-12(2)23-19(16)29-17(11)20(27)28-10-15(25)24-14-8-6-13(7-9-14)21(3,4)5/h6-9H,10H2,1-5H3,(H,24,25)(H,22,23,26). The Morgan fingerprint density at radius 3 is 2.45 bits per heavy atom. The number of hydrogen-bond acceptors (Lipinski definition) is 6. The number of nitrogens with one attached hydrogen (secondary N) is 2. The summed E-state index contributed by atoms with van der Waals surface area (Å²) in [5.41, 5.74) is 2.01. The number of fused-ring (bicyclic) bond motifs is 1. The molecule has 0 fully saturated rings. The second-order valence-electron chi connectivity index (χ2n) is 7.84. The van der Waals surface area contributed by atoms with Crippen molar-refractivity contribution >= 4 is 39.1 Å². The lowest BCUT2D eigenvalue weighted by Crippen LogP contribution is -2.21. The molecular formula is C21H23N3O4S. The van der Waals surface area contributed by atoms with Crippen LogP contribution in [0.2, 0.25) is 0 Å². The minimum atomic E-state index is -0.652. The summed E-state index contributed by atoms with van der Waals surface area (Å²) in [5, 5.41) is 3.08. The minimum absolute atomic E-state index is 0.0231. The number of aromatic amines is 1. The second kappa shape index (κ2) is 7.79. The van der Waals surface area contributed by atoms with E-state index in [4.69, 9.17) is 4.74 Å². The molecule has 0 radical (unpaired) electrons. The van der Waals surface area contributed by atoms with E-state index in [0.717, 1.165) is 16.9 Å². The van der Waals surface area contributed by atoms with Crippen LogP contribution in [-0.4, -0.2) is 28.5 Å². The Balaban J connectivity index is 1.65. The van der Waals surface area contributed by atoms with Crippen LogP contribution in [-0.2, 0) is 14.9 Å². The highest BCUT2D eigenvalue weighted by atomic mass is 32.1. The van der Waals surface area contributed by atoms with Gasteiger partial charge >= 0.3 is 5.97 Å². The number of carbonyl (C=O) groups is 2. The van der Waals surface area contributed by atoms with Gasteiger partial charge in [0.1, 0.15) is 15.5 Å². The van der Waals surface area contributed by atoms with E-state index >= 15 is 0 Å². The van der Waals surface area contributed by atoms with Gasteiger partial charge in [-0.1, -0.05) is 32.9 Å². The third-order valence-electron chi connectivity index (χ3n) is 4.47. The summed E-state index contributed by atoms with van der Waals surface area (Å²) in [5.74, 6) is -0.617. The number of carbonyl (C=O) groups excluding carboxylic acids is 2. The molecule has 0 unspecified atom stereocenters. The van der Waals surface area contributed by atoms with Gasteiger partial charge in [0.2, 0.25) is 0 Å². The van der Waals surface area contributed by atoms with Crippen LogP contribution in [0, 0.1) is 13.8 Å². The van der Waals surface area contributed by atoms with Gasteiger partial charge in [0, 0.05) is 5.69 Å². The summed E-state index contributed by atoms with van der Waals surface area (Å²) in [4.78, 5) is 44.3. The number of esters is 1. The van der Waals surface area contributed by atoms with Crippen molar-refractivity contribution in [3.05, 3.63) is 56.4 Å². The summed E-state index contributed by atoms with van der Waals surface area (Å²) < 4.78 is 5.14. The highest BCUT2D eigenvalue weighted by Crippen LogP contribution is 2.27. The molecule has 29 heavy (non-hydrogen) atoms. The third-order valence-corrected chi connectivity index (χ3v) is 5.64. The van der Waals surface area contributed by atoms with Crippen LogP contribution >= 0.6 is 11.3 Å². The van der Waals surface area contributed by atoms with Crippen LogP contribution in [0.4, 0.5) is 5.69 Å². The highest BCUT2D eigenvalue weighted by molar-refractivity contribution is 7.20. The number of thiophene rings is 1. The molecule has 8 heteroatoms. The van der Waals surface area contributed by atoms with Crippen molar-refractivity contribution in [2.24, 2.45) is 0 Å². The number of anilines is 1. The molecule has 0 aliphatic rings. The molecule has 2 heterocycles. The van der Waals surface area contributed by atoms with Crippen LogP contribution < -0.4 is 10.9 Å². The summed E-state index contributed by atoms with van der Waals surface area (Å²) in [6, 6.07) is 7.54. The topological polar surface area (TPSA) is 101 Å². The number of H-pyrrole nitrogens is 1. The predicted molar refractivity (Wildman–Crippen MR) is 114 cm³/mol. The van der Waals surface area contributed by atoms with E-state index in [1.165, 1.54) is 0 Å². The third kappa shape index (κ3) is 4.54. The summed E-state index contributed by atoms with van der Waals surface area (Å²) in [6.45, 7) is 9.25. The SMILES string of the molecule is Cc1nc2sc(C(=O)OCC(=O)Nc3ccc(C(C)(C)C)cc3)c(C)c2c(=O)[nH]1. The zero-order chi connectivity index (χ0) is 21.3. The number of rotatable bonds is 4. The molecular weight excluding hydrogens is 390 g/mol. The lowest BCUT2D eigenvalue weighted by molar-refractivity contribution is -0.119. The maximum absolute atomic E-state index is 12.4. The summed E-state index contributed by atoms with van der Waals surface area (Å²) in [7, 11) is 0. The van der Waals surface area contributed by atoms with E-state index in [1.54, 1.807) is 13.8 Å². The van der Waals surface area contributed by atoms with Crippen molar-refractivity contribution in [1.82, 2.24) is 9.97 Å². The van der Waals surface area contributed by atoms with Crippen molar-refractivity contribution in [1.29, 1.82) is 0 Å². The lowest BCUT2D eigenvalue weighted by atomic mass is 9.87. The molecule has 1 aromatic carbocycles. The molecule has 0 atom stereocenters. The first kappa shape index (κ1) is 20.7. The average molecular weight is 413 g/mol. The van der Waals surface area contributed by atoms with Crippen molar-refractivity contribution < 1.29 is 14.3 Å². The van der Waals surface area contributed by atoms with E-state index in [0.29, 0.717) is 27.3 Å². The molecule has 1 amide bonds. The first-order valence-electron chi connectivity index (χ1n) is 9.14. The number of hydrogen-bond donors (Lipinski definition) is 2. The van der Waals surface area contributed by atoms with E-state index in [-0.39, 0.29) is 15.9 Å². The minimum Gasteiger partial charge on any atom is -0.451 e. The molecule has 0 saturated heterocycles. The zero-order valence-electron chi connectivity index (χ0n) is 17.0. The summed E-state index contributed by atoms with van der Waals surface area (Å²) in [6.07, 6.45) is 0. The Morgan fingerprint density at radius 2 is 1.83 bits per heavy atom. The fourth-order valence-corrected chi connectivity index (χ4v) is 4.01. The van der Waals surface area contributed by atoms with Crippen molar-refractivity contribution in [2.75, 3.05) is 11.9 Å². The number of amides is 1. The van der Waals surface area contributed by atoms with Gasteiger partial charge in [0.05, 0.1) is 5.39 Å². The monoisotopic (exact) mass is 413 g/mol. The van der Waals surface area contributed by atoms with Gasteiger partial charge in [-0.15, -0.1) is 11.3 Å². The van der Waals surface area contributed by atoms with E-state index in [9.17, 15) is 14.4 Å². The molecule has 3 rings (SSSR count). The lowest BCUT2D eigenvalue weighted by Gasteiger charge is -2.19. The number of ether oxygens (including phenoxy) is 1. The Hall–Kier alpha value is -3.00. The maximum atomic E-state index is 12.4. The van der Waals surface area contributed by atoms with Gasteiger partial charge in [-0.3, -0.25) is 9.59 Å². The van der Waals surface area contributed by atoms with Crippen LogP contribution in [0.1, 0.15) is 47.4 Å². The fourth-order valence-electron chi connectivity index (χ4n) is 2.89. The van der Waals surface area contributed by atoms with Crippen molar-refractivity contribution in [3.63, 3.8) is 0 Å². The molecule has 0 saturated carbocycles. The largest absolute Gasteiger partial charge is 0.451 e. The normalized spacial score (nSPS) is 11.5. The van der Waals surface area contributed by atoms with Gasteiger partial charge in [0.15, 0.2) is 6.61 Å². The number of benzene rings is 1. The van der Waals surface area contributed by atoms with Crippen LogP contribution in [0.25, 0.3) is 10.2 Å². The predicted octanol–water partition coefficient (Wildman–Crippen LogP) is 3.69.